The van der Waals surface area contributed by atoms with Gasteiger partial charge in [0.05, 0.1) is 14.2 Å². The number of benzene rings is 3. The lowest BCUT2D eigenvalue weighted by molar-refractivity contribution is -0.141. The summed E-state index contributed by atoms with van der Waals surface area (Å²) >= 11 is 0. The first-order valence-corrected chi connectivity index (χ1v) is 12.7. The maximum Gasteiger partial charge on any atom is 0.243 e. The molecule has 38 heavy (non-hydrogen) atoms. The summed E-state index contributed by atoms with van der Waals surface area (Å²) in [5.74, 6) is 0.442. The van der Waals surface area contributed by atoms with Gasteiger partial charge in [0, 0.05) is 24.9 Å². The number of nitrogens with zero attached hydrogens (tertiary/aromatic N) is 1. The number of carbonyl (C=O) groups excluding carboxylic acids is 2. The number of carbonyl (C=O) groups is 2. The fraction of sp³-hybridized carbons (Fsp3) is 0.355. The van der Waals surface area contributed by atoms with Crippen LogP contribution in [0.4, 0.5) is 4.39 Å². The van der Waals surface area contributed by atoms with Crippen molar-refractivity contribution in [3.8, 4) is 11.5 Å². The molecule has 0 saturated carbocycles. The van der Waals surface area contributed by atoms with E-state index in [1.807, 2.05) is 69.3 Å². The molecular weight excluding hydrogens is 483 g/mol. The van der Waals surface area contributed by atoms with Crippen LogP contribution in [0, 0.1) is 5.82 Å². The summed E-state index contributed by atoms with van der Waals surface area (Å²) in [5, 5.41) is 3.05. The van der Waals surface area contributed by atoms with E-state index in [2.05, 4.69) is 5.32 Å². The monoisotopic (exact) mass is 520 g/mol. The van der Waals surface area contributed by atoms with E-state index in [4.69, 9.17) is 9.47 Å². The van der Waals surface area contributed by atoms with Gasteiger partial charge in [-0.1, -0.05) is 48.5 Å². The highest BCUT2D eigenvalue weighted by molar-refractivity contribution is 5.88. The van der Waals surface area contributed by atoms with Crippen LogP contribution in [0.2, 0.25) is 0 Å². The molecule has 3 aromatic carbocycles. The van der Waals surface area contributed by atoms with E-state index in [1.165, 1.54) is 12.1 Å². The first kappa shape index (κ1) is 28.7. The molecule has 0 bridgehead atoms. The Labute approximate surface area is 224 Å². The topological polar surface area (TPSA) is 67.9 Å². The number of methoxy groups -OCH3 is 2. The minimum atomic E-state index is -0.750. The van der Waals surface area contributed by atoms with Crippen molar-refractivity contribution in [3.63, 3.8) is 0 Å². The van der Waals surface area contributed by atoms with Crippen LogP contribution in [0.25, 0.3) is 0 Å². The van der Waals surface area contributed by atoms with Crippen molar-refractivity contribution in [2.75, 3.05) is 14.2 Å². The van der Waals surface area contributed by atoms with E-state index >= 15 is 0 Å². The Morgan fingerprint density at radius 1 is 0.868 bits per heavy atom. The van der Waals surface area contributed by atoms with Gasteiger partial charge in [0.1, 0.15) is 11.9 Å². The molecule has 0 aliphatic carbocycles. The minimum Gasteiger partial charge on any atom is -0.493 e. The number of rotatable bonds is 11. The molecule has 1 atom stereocenters. The largest absolute Gasteiger partial charge is 0.493 e. The van der Waals surface area contributed by atoms with E-state index in [0.717, 1.165) is 16.7 Å². The van der Waals surface area contributed by atoms with Gasteiger partial charge in [-0.3, -0.25) is 9.59 Å². The fourth-order valence-corrected chi connectivity index (χ4v) is 4.22. The molecule has 0 aliphatic heterocycles. The summed E-state index contributed by atoms with van der Waals surface area (Å²) < 4.78 is 24.3. The van der Waals surface area contributed by atoms with Crippen LogP contribution in [0.3, 0.4) is 0 Å². The SMILES string of the molecule is COc1ccc(CCC(=O)N(Cc2ccc(F)cc2)[C@H](Cc2ccccc2)C(=O)NC(C)(C)C)cc1OC. The molecule has 2 amide bonds. The second-order valence-corrected chi connectivity index (χ2v) is 10.3. The van der Waals surface area contributed by atoms with Crippen molar-refractivity contribution >= 4 is 11.8 Å². The van der Waals surface area contributed by atoms with Gasteiger partial charge in [0.15, 0.2) is 11.5 Å². The lowest BCUT2D eigenvalue weighted by atomic mass is 9.99. The van der Waals surface area contributed by atoms with Crippen molar-refractivity contribution in [2.24, 2.45) is 0 Å². The van der Waals surface area contributed by atoms with E-state index in [-0.39, 0.29) is 30.6 Å². The number of amides is 2. The molecule has 202 valence electrons. The van der Waals surface area contributed by atoms with Crippen molar-refractivity contribution in [3.05, 3.63) is 95.3 Å². The number of hydrogen-bond acceptors (Lipinski definition) is 4. The van der Waals surface area contributed by atoms with Crippen LogP contribution >= 0.6 is 0 Å². The molecule has 0 aliphatic rings. The number of nitrogens with one attached hydrogen (secondary N) is 1. The van der Waals surface area contributed by atoms with Gasteiger partial charge >= 0.3 is 0 Å². The van der Waals surface area contributed by atoms with Gasteiger partial charge in [-0.2, -0.15) is 0 Å². The van der Waals surface area contributed by atoms with Crippen molar-refractivity contribution < 1.29 is 23.5 Å². The Morgan fingerprint density at radius 3 is 2.11 bits per heavy atom. The summed E-state index contributed by atoms with van der Waals surface area (Å²) in [7, 11) is 3.14. The molecule has 7 heteroatoms. The summed E-state index contributed by atoms with van der Waals surface area (Å²) in [4.78, 5) is 29.0. The second kappa shape index (κ2) is 13.1. The average Bonchev–Trinajstić information content (AvgIpc) is 2.89. The summed E-state index contributed by atoms with van der Waals surface area (Å²) in [6.07, 6.45) is 0.995. The molecule has 0 fully saturated rings. The molecule has 0 aromatic heterocycles. The van der Waals surface area contributed by atoms with E-state index in [9.17, 15) is 14.0 Å². The van der Waals surface area contributed by atoms with Gasteiger partial charge in [0.2, 0.25) is 11.8 Å². The average molecular weight is 521 g/mol. The van der Waals surface area contributed by atoms with Crippen LogP contribution in [0.15, 0.2) is 72.8 Å². The molecule has 0 saturated heterocycles. The third-order valence-electron chi connectivity index (χ3n) is 6.11. The third kappa shape index (κ3) is 8.33. The van der Waals surface area contributed by atoms with Crippen LogP contribution < -0.4 is 14.8 Å². The maximum absolute atomic E-state index is 13.8. The quantitative estimate of drug-likeness (QED) is 0.371. The zero-order valence-corrected chi connectivity index (χ0v) is 22.8. The highest BCUT2D eigenvalue weighted by atomic mass is 19.1. The van der Waals surface area contributed by atoms with Crippen molar-refractivity contribution in [2.45, 2.75) is 58.2 Å². The predicted octanol–water partition coefficient (Wildman–Crippen LogP) is 5.33. The molecule has 0 spiro atoms. The van der Waals surface area contributed by atoms with Crippen molar-refractivity contribution in [1.29, 1.82) is 0 Å². The maximum atomic E-state index is 13.8. The van der Waals surface area contributed by atoms with Crippen LogP contribution in [0.5, 0.6) is 11.5 Å². The standard InChI is InChI=1S/C31H37FN2O4/c1-31(2,3)33-30(36)26(19-22-9-7-6-8-10-22)34(21-24-11-15-25(32)16-12-24)29(35)18-14-23-13-17-27(37-4)28(20-23)38-5/h6-13,15-17,20,26H,14,18-19,21H2,1-5H3,(H,33,36)/t26-/m1/s1. The van der Waals surface area contributed by atoms with Crippen molar-refractivity contribution in [1.82, 2.24) is 10.2 Å². The smallest absolute Gasteiger partial charge is 0.243 e. The summed E-state index contributed by atoms with van der Waals surface area (Å²) in [5.41, 5.74) is 2.12. The van der Waals surface area contributed by atoms with Gasteiger partial charge in [-0.05, 0) is 68.1 Å². The zero-order chi connectivity index (χ0) is 27.7. The van der Waals surface area contributed by atoms with Crippen LogP contribution in [-0.2, 0) is 29.0 Å². The van der Waals surface area contributed by atoms with Crippen LogP contribution in [0.1, 0.15) is 43.9 Å². The first-order chi connectivity index (χ1) is 18.1. The predicted molar refractivity (Wildman–Crippen MR) is 147 cm³/mol. The fourth-order valence-electron chi connectivity index (χ4n) is 4.22. The normalized spacial score (nSPS) is 11.9. The molecule has 3 aromatic rings. The molecular formula is C31H37FN2O4. The van der Waals surface area contributed by atoms with Gasteiger partial charge in [0.25, 0.3) is 0 Å². The lowest BCUT2D eigenvalue weighted by Gasteiger charge is -2.34. The van der Waals surface area contributed by atoms with Gasteiger partial charge in [-0.15, -0.1) is 0 Å². The third-order valence-corrected chi connectivity index (χ3v) is 6.11. The molecule has 6 nitrogen and oxygen atoms in total. The number of aryl methyl sites for hydroxylation is 1. The number of halogens is 1. The summed E-state index contributed by atoms with van der Waals surface area (Å²) in [6, 6.07) is 20.5. The molecule has 0 heterocycles. The van der Waals surface area contributed by atoms with Gasteiger partial charge in [-0.25, -0.2) is 4.39 Å². The van der Waals surface area contributed by atoms with E-state index in [0.29, 0.717) is 24.3 Å². The van der Waals surface area contributed by atoms with E-state index in [1.54, 1.807) is 31.3 Å². The zero-order valence-electron chi connectivity index (χ0n) is 22.8. The Bertz CT molecular complexity index is 1210. The number of ether oxygens (including phenoxy) is 2. The highest BCUT2D eigenvalue weighted by Gasteiger charge is 2.32. The Balaban J connectivity index is 1.92. The highest BCUT2D eigenvalue weighted by Crippen LogP contribution is 2.28. The number of hydrogen-bond donors (Lipinski definition) is 1. The lowest BCUT2D eigenvalue weighted by Crippen LogP contribution is -2.54. The molecule has 0 radical (unpaired) electrons. The van der Waals surface area contributed by atoms with Crippen LogP contribution in [-0.4, -0.2) is 42.5 Å². The minimum absolute atomic E-state index is 0.172. The van der Waals surface area contributed by atoms with Gasteiger partial charge < -0.3 is 19.7 Å². The van der Waals surface area contributed by atoms with E-state index < -0.39 is 11.6 Å². The molecule has 1 N–H and O–H groups in total. The molecule has 3 rings (SSSR count). The molecule has 0 unspecified atom stereocenters. The Hall–Kier alpha value is -3.87. The Morgan fingerprint density at radius 2 is 1.50 bits per heavy atom. The summed E-state index contributed by atoms with van der Waals surface area (Å²) in [6.45, 7) is 5.91. The Kier molecular flexibility index (Phi) is 9.88. The first-order valence-electron chi connectivity index (χ1n) is 12.7. The second-order valence-electron chi connectivity index (χ2n) is 10.3.